The molecule has 1 saturated carbocycles. The summed E-state index contributed by atoms with van der Waals surface area (Å²) in [6, 6.07) is 19.8. The minimum atomic E-state index is -0.846. The van der Waals surface area contributed by atoms with Crippen molar-refractivity contribution in [2.75, 3.05) is 55.6 Å². The maximum absolute atomic E-state index is 13.5. The van der Waals surface area contributed by atoms with E-state index in [1.807, 2.05) is 42.5 Å². The molecule has 2 N–H and O–H groups in total. The number of carbonyl (C=O) groups is 3. The number of piperazine rings is 1. The Kier molecular flexibility index (Phi) is 11.3. The number of hydrogen-bond acceptors (Lipinski definition) is 11. The normalized spacial score (nSPS) is 23.1. The van der Waals surface area contributed by atoms with E-state index >= 15 is 0 Å². The largest absolute Gasteiger partial charge is 0.489 e. The first-order valence-electron chi connectivity index (χ1n) is 21.0. The van der Waals surface area contributed by atoms with Crippen molar-refractivity contribution in [1.82, 2.24) is 30.5 Å². The van der Waals surface area contributed by atoms with Gasteiger partial charge in [0.1, 0.15) is 29.5 Å². The highest BCUT2D eigenvalue weighted by Gasteiger charge is 2.64. The second-order valence-electron chi connectivity index (χ2n) is 17.9. The molecule has 0 bridgehead atoms. The van der Waals surface area contributed by atoms with Crippen LogP contribution in [0.15, 0.2) is 65.5 Å². The van der Waals surface area contributed by atoms with Crippen molar-refractivity contribution in [2.45, 2.75) is 78.0 Å². The van der Waals surface area contributed by atoms with E-state index in [-0.39, 0.29) is 53.2 Å². The third-order valence-corrected chi connectivity index (χ3v) is 13.6. The Labute approximate surface area is 354 Å². The van der Waals surface area contributed by atoms with Crippen LogP contribution in [0.2, 0.25) is 5.02 Å². The number of nitriles is 1. The molecule has 14 nitrogen and oxygen atoms in total. The van der Waals surface area contributed by atoms with Crippen LogP contribution in [0.4, 0.5) is 11.4 Å². The highest BCUT2D eigenvalue weighted by atomic mass is 35.5. The first-order valence-corrected chi connectivity index (χ1v) is 21.3. The van der Waals surface area contributed by atoms with E-state index in [1.165, 1.54) is 0 Å². The van der Waals surface area contributed by atoms with E-state index in [2.05, 4.69) is 69.4 Å². The monoisotopic (exact) mass is 833 g/mol. The van der Waals surface area contributed by atoms with Crippen molar-refractivity contribution in [1.29, 1.82) is 5.26 Å². The summed E-state index contributed by atoms with van der Waals surface area (Å²) in [5.41, 5.74) is 2.53. The van der Waals surface area contributed by atoms with E-state index in [4.69, 9.17) is 16.3 Å². The second-order valence-corrected chi connectivity index (χ2v) is 18.3. The molecule has 1 atom stereocenters. The highest BCUT2D eigenvalue weighted by Crippen LogP contribution is 2.55. The van der Waals surface area contributed by atoms with Crippen molar-refractivity contribution >= 4 is 51.6 Å². The Bertz CT molecular complexity index is 2380. The van der Waals surface area contributed by atoms with E-state index in [0.29, 0.717) is 38.7 Å². The van der Waals surface area contributed by atoms with Gasteiger partial charge in [-0.05, 0) is 92.7 Å². The Balaban J connectivity index is 0.781. The van der Waals surface area contributed by atoms with Crippen molar-refractivity contribution in [3.63, 3.8) is 0 Å². The number of nitrogens with one attached hydrogen (secondary N) is 2. The number of nitrogens with zero attached hydrogens (tertiary/aromatic N) is 7. The van der Waals surface area contributed by atoms with Crippen LogP contribution in [-0.2, 0) is 9.59 Å². The van der Waals surface area contributed by atoms with Gasteiger partial charge in [0.2, 0.25) is 5.91 Å². The van der Waals surface area contributed by atoms with Gasteiger partial charge in [0.15, 0.2) is 0 Å². The van der Waals surface area contributed by atoms with Crippen LogP contribution < -0.4 is 30.7 Å². The van der Waals surface area contributed by atoms with Crippen molar-refractivity contribution in [3.05, 3.63) is 87.2 Å². The average Bonchev–Trinajstić information content (AvgIpc) is 3.24. The number of carbonyl (C=O) groups excluding carboxylic acids is 3. The van der Waals surface area contributed by atoms with Gasteiger partial charge in [-0.15, -0.1) is 5.10 Å². The number of ether oxygens (including phenoxy) is 1. The first-order chi connectivity index (χ1) is 28.7. The van der Waals surface area contributed by atoms with Gasteiger partial charge in [-0.3, -0.25) is 29.4 Å². The summed E-state index contributed by atoms with van der Waals surface area (Å²) in [6.07, 6.45) is 3.50. The number of benzene rings is 3. The number of halogens is 1. The molecule has 15 heteroatoms. The van der Waals surface area contributed by atoms with Gasteiger partial charge in [-0.1, -0.05) is 44.5 Å². The summed E-state index contributed by atoms with van der Waals surface area (Å²) < 4.78 is 7.50. The van der Waals surface area contributed by atoms with Crippen LogP contribution in [0.1, 0.15) is 81.8 Å². The van der Waals surface area contributed by atoms with Crippen LogP contribution >= 0.6 is 11.6 Å². The molecular formula is C45H52ClN9O5. The molecule has 4 aromatic rings. The lowest BCUT2D eigenvalue weighted by Gasteiger charge is -2.63. The third-order valence-electron chi connectivity index (χ3n) is 13.3. The van der Waals surface area contributed by atoms with E-state index in [0.717, 1.165) is 81.1 Å². The summed E-state index contributed by atoms with van der Waals surface area (Å²) in [6.45, 7) is 15.1. The van der Waals surface area contributed by atoms with Gasteiger partial charge in [0.25, 0.3) is 17.4 Å². The van der Waals surface area contributed by atoms with E-state index in [9.17, 15) is 24.4 Å². The molecule has 3 amide bonds. The highest BCUT2D eigenvalue weighted by molar-refractivity contribution is 6.31. The van der Waals surface area contributed by atoms with Gasteiger partial charge in [0, 0.05) is 85.6 Å². The molecule has 4 heterocycles. The summed E-state index contributed by atoms with van der Waals surface area (Å²) >= 11 is 6.26. The lowest BCUT2D eigenvalue weighted by atomic mass is 9.49. The quantitative estimate of drug-likeness (QED) is 0.198. The van der Waals surface area contributed by atoms with E-state index in [1.54, 1.807) is 18.2 Å². The predicted molar refractivity (Wildman–Crippen MR) is 229 cm³/mol. The first kappa shape index (κ1) is 41.2. The molecule has 4 fully saturated rings. The average molecular weight is 834 g/mol. The fraction of sp³-hybridized carbons (Fsp3) is 0.489. The molecule has 4 aliphatic rings. The van der Waals surface area contributed by atoms with Gasteiger partial charge in [-0.25, -0.2) is 0 Å². The maximum Gasteiger partial charge on any atom is 0.278 e. The number of imide groups is 1. The van der Waals surface area contributed by atoms with Crippen LogP contribution in [0.3, 0.4) is 0 Å². The van der Waals surface area contributed by atoms with Crippen LogP contribution in [0, 0.1) is 28.1 Å². The molecule has 8 rings (SSSR count). The standard InChI is InChI=1S/C45H52ClN9O5/c1-44(2)42(45(3,4)43(44)60-33-11-7-30(27-47)35(46)26-33)49-39(57)29-5-8-31(9-6-29)54-23-21-52(22-24-54)18-15-28-16-19-53(20-17-28)32-10-12-36-34(25-32)41(59)55(51-50-36)37-13-14-38(56)48-40(37)58/h5-12,25-26,28,37,42-43H,13-24H2,1-4H3,(H,49,57)(H,48,56,58). The number of anilines is 2. The Morgan fingerprint density at radius 2 is 1.58 bits per heavy atom. The van der Waals surface area contributed by atoms with Crippen LogP contribution in [0.5, 0.6) is 5.75 Å². The van der Waals surface area contributed by atoms with E-state index < -0.39 is 11.9 Å². The predicted octanol–water partition coefficient (Wildman–Crippen LogP) is 5.33. The Hall–Kier alpha value is -5.52. The molecule has 314 valence electrons. The lowest BCUT2D eigenvalue weighted by Crippen LogP contribution is -2.74. The fourth-order valence-corrected chi connectivity index (χ4v) is 10.3. The van der Waals surface area contributed by atoms with Crippen molar-refractivity contribution < 1.29 is 19.1 Å². The van der Waals surface area contributed by atoms with Gasteiger partial charge in [-0.2, -0.15) is 9.94 Å². The van der Waals surface area contributed by atoms with Gasteiger partial charge >= 0.3 is 0 Å². The van der Waals surface area contributed by atoms with Crippen molar-refractivity contribution in [2.24, 2.45) is 16.7 Å². The third kappa shape index (κ3) is 8.05. The summed E-state index contributed by atoms with van der Waals surface area (Å²) in [5.74, 6) is 0.262. The van der Waals surface area contributed by atoms with Gasteiger partial charge in [0.05, 0.1) is 16.0 Å². The molecule has 0 radical (unpaired) electrons. The molecule has 1 aromatic heterocycles. The summed E-state index contributed by atoms with van der Waals surface area (Å²) in [4.78, 5) is 58.2. The molecule has 3 aromatic carbocycles. The smallest absolute Gasteiger partial charge is 0.278 e. The maximum atomic E-state index is 13.5. The number of fused-ring (bicyclic) bond motifs is 1. The molecule has 1 aliphatic carbocycles. The minimum absolute atomic E-state index is 0.105. The number of aromatic nitrogens is 3. The second kappa shape index (κ2) is 16.5. The number of hydrogen-bond donors (Lipinski definition) is 2. The zero-order valence-electron chi connectivity index (χ0n) is 34.6. The molecule has 0 spiro atoms. The zero-order valence-corrected chi connectivity index (χ0v) is 35.4. The molecular weight excluding hydrogens is 782 g/mol. The SMILES string of the molecule is CC1(C)C(NC(=O)c2ccc(N3CCN(CCC4CCN(c5ccc6nnn(C7CCC(=O)NC7=O)c(=O)c6c5)CC4)CC3)cc2)C(C)(C)C1Oc1ccc(C#N)c(Cl)c1. The van der Waals surface area contributed by atoms with Crippen LogP contribution in [-0.4, -0.2) is 95.6 Å². The number of rotatable bonds is 10. The Morgan fingerprint density at radius 1 is 0.900 bits per heavy atom. The Morgan fingerprint density at radius 3 is 2.25 bits per heavy atom. The van der Waals surface area contributed by atoms with Crippen LogP contribution in [0.25, 0.3) is 10.9 Å². The molecule has 3 saturated heterocycles. The molecule has 1 unspecified atom stereocenters. The number of amides is 3. The minimum Gasteiger partial charge on any atom is -0.489 e. The molecule has 60 heavy (non-hydrogen) atoms. The topological polar surface area (TPSA) is 166 Å². The summed E-state index contributed by atoms with van der Waals surface area (Å²) in [5, 5.41) is 23.8. The van der Waals surface area contributed by atoms with Gasteiger partial charge < -0.3 is 19.9 Å². The zero-order chi connectivity index (χ0) is 42.3. The number of piperidine rings is 2. The fourth-order valence-electron chi connectivity index (χ4n) is 10.1. The summed E-state index contributed by atoms with van der Waals surface area (Å²) in [7, 11) is 0. The molecule has 3 aliphatic heterocycles. The lowest BCUT2D eigenvalue weighted by molar-refractivity contribution is -0.164. The van der Waals surface area contributed by atoms with Crippen molar-refractivity contribution in [3.8, 4) is 11.8 Å².